The van der Waals surface area contributed by atoms with Crippen LogP contribution in [0, 0.1) is 12.3 Å². The van der Waals surface area contributed by atoms with Crippen molar-refractivity contribution in [1.82, 2.24) is 4.98 Å². The Morgan fingerprint density at radius 3 is 2.60 bits per heavy atom. The van der Waals surface area contributed by atoms with Gasteiger partial charge in [-0.2, -0.15) is 0 Å². The van der Waals surface area contributed by atoms with Crippen LogP contribution in [0.25, 0.3) is 22.9 Å². The molecule has 3 aromatic rings. The molecule has 20 heavy (non-hydrogen) atoms. The molecular formula is C19H13N. The molecule has 1 nitrogen and oxygen atoms in total. The summed E-state index contributed by atoms with van der Waals surface area (Å²) in [5.74, 6) is 2.70. The quantitative estimate of drug-likeness (QED) is 0.619. The van der Waals surface area contributed by atoms with Gasteiger partial charge in [-0.05, 0) is 29.2 Å². The minimum atomic E-state index is 0.893. The highest BCUT2D eigenvalue weighted by Gasteiger charge is 1.99. The number of hydrogen-bond donors (Lipinski definition) is 0. The first-order valence-corrected chi connectivity index (χ1v) is 6.46. The Balaban J connectivity index is 2.05. The van der Waals surface area contributed by atoms with E-state index in [1.165, 1.54) is 5.39 Å². The average Bonchev–Trinajstić information content (AvgIpc) is 2.53. The van der Waals surface area contributed by atoms with Crippen molar-refractivity contribution in [3.63, 3.8) is 0 Å². The fourth-order valence-corrected chi connectivity index (χ4v) is 2.22. The van der Waals surface area contributed by atoms with Crippen LogP contribution in [0.1, 0.15) is 16.8 Å². The van der Waals surface area contributed by atoms with Crippen LogP contribution in [-0.2, 0) is 0 Å². The number of rotatable bonds is 2. The molecule has 0 spiro atoms. The van der Waals surface area contributed by atoms with Gasteiger partial charge in [0.25, 0.3) is 0 Å². The van der Waals surface area contributed by atoms with Gasteiger partial charge in [0.1, 0.15) is 0 Å². The average molecular weight is 255 g/mol. The van der Waals surface area contributed by atoms with Gasteiger partial charge in [0.15, 0.2) is 0 Å². The molecule has 0 aliphatic carbocycles. The molecule has 1 heterocycles. The second kappa shape index (κ2) is 5.42. The number of terminal acetylenes is 1. The highest BCUT2D eigenvalue weighted by molar-refractivity contribution is 5.91. The van der Waals surface area contributed by atoms with E-state index in [0.717, 1.165) is 22.2 Å². The summed E-state index contributed by atoms with van der Waals surface area (Å²) >= 11 is 0. The lowest BCUT2D eigenvalue weighted by Gasteiger charge is -2.01. The van der Waals surface area contributed by atoms with Crippen molar-refractivity contribution in [2.75, 3.05) is 0 Å². The van der Waals surface area contributed by atoms with Crippen LogP contribution in [0.3, 0.4) is 0 Å². The molecule has 0 amide bonds. The van der Waals surface area contributed by atoms with Gasteiger partial charge in [0.05, 0.1) is 5.69 Å². The molecule has 0 fully saturated rings. The number of aromatic nitrogens is 1. The van der Waals surface area contributed by atoms with E-state index >= 15 is 0 Å². The largest absolute Gasteiger partial charge is 0.256 e. The Kier molecular flexibility index (Phi) is 3.31. The molecule has 0 atom stereocenters. The third kappa shape index (κ3) is 2.32. The van der Waals surface area contributed by atoms with E-state index in [1.807, 2.05) is 60.8 Å². The number of hydrogen-bond acceptors (Lipinski definition) is 1. The molecule has 0 saturated carbocycles. The summed E-state index contributed by atoms with van der Waals surface area (Å²) < 4.78 is 0. The zero-order chi connectivity index (χ0) is 13.8. The van der Waals surface area contributed by atoms with E-state index < -0.39 is 0 Å². The van der Waals surface area contributed by atoms with Crippen LogP contribution < -0.4 is 0 Å². The molecule has 0 saturated heterocycles. The second-order valence-electron chi connectivity index (χ2n) is 4.48. The van der Waals surface area contributed by atoms with Crippen molar-refractivity contribution in [2.45, 2.75) is 0 Å². The summed E-state index contributed by atoms with van der Waals surface area (Å²) in [7, 11) is 0. The first-order chi connectivity index (χ1) is 9.88. The molecule has 0 bridgehead atoms. The maximum atomic E-state index is 5.51. The van der Waals surface area contributed by atoms with Gasteiger partial charge >= 0.3 is 0 Å². The van der Waals surface area contributed by atoms with Crippen molar-refractivity contribution in [3.05, 3.63) is 77.6 Å². The molecule has 0 unspecified atom stereocenters. The summed E-state index contributed by atoms with van der Waals surface area (Å²) in [6.45, 7) is 0. The minimum Gasteiger partial charge on any atom is -0.256 e. The van der Waals surface area contributed by atoms with Gasteiger partial charge in [0.2, 0.25) is 0 Å². The maximum absolute atomic E-state index is 5.51. The first kappa shape index (κ1) is 12.2. The SMILES string of the molecule is C#Cc1ccccc1/C=C/c1nccc2ccccc12. The van der Waals surface area contributed by atoms with Crippen molar-refractivity contribution < 1.29 is 0 Å². The van der Waals surface area contributed by atoms with Gasteiger partial charge < -0.3 is 0 Å². The summed E-state index contributed by atoms with van der Waals surface area (Å²) in [6.07, 6.45) is 11.4. The fraction of sp³-hybridized carbons (Fsp3) is 0. The van der Waals surface area contributed by atoms with E-state index in [-0.39, 0.29) is 0 Å². The standard InChI is InChI=1S/C19H13N/c1-2-15-7-3-4-8-16(15)11-12-19-18-10-6-5-9-17(18)13-14-20-19/h1,3-14H/b12-11+. The lowest BCUT2D eigenvalue weighted by Crippen LogP contribution is -1.84. The molecule has 2 aromatic carbocycles. The molecule has 1 aromatic heterocycles. The Hall–Kier alpha value is -2.85. The minimum absolute atomic E-state index is 0.893. The van der Waals surface area contributed by atoms with E-state index in [4.69, 9.17) is 6.42 Å². The molecule has 94 valence electrons. The van der Waals surface area contributed by atoms with E-state index in [2.05, 4.69) is 23.0 Å². The van der Waals surface area contributed by atoms with Crippen LogP contribution >= 0.6 is 0 Å². The summed E-state index contributed by atoms with van der Waals surface area (Å²) in [5, 5.41) is 2.33. The number of benzene rings is 2. The Labute approximate surface area is 118 Å². The lowest BCUT2D eigenvalue weighted by atomic mass is 10.1. The van der Waals surface area contributed by atoms with Crippen LogP contribution in [0.2, 0.25) is 0 Å². The van der Waals surface area contributed by atoms with E-state index in [0.29, 0.717) is 0 Å². The monoisotopic (exact) mass is 255 g/mol. The maximum Gasteiger partial charge on any atom is 0.0708 e. The van der Waals surface area contributed by atoms with Gasteiger partial charge in [-0.3, -0.25) is 4.98 Å². The van der Waals surface area contributed by atoms with E-state index in [9.17, 15) is 0 Å². The van der Waals surface area contributed by atoms with E-state index in [1.54, 1.807) is 0 Å². The van der Waals surface area contributed by atoms with Crippen LogP contribution in [-0.4, -0.2) is 4.98 Å². The number of nitrogens with zero attached hydrogens (tertiary/aromatic N) is 1. The normalized spacial score (nSPS) is 10.8. The lowest BCUT2D eigenvalue weighted by molar-refractivity contribution is 1.33. The smallest absolute Gasteiger partial charge is 0.0708 e. The second-order valence-corrected chi connectivity index (χ2v) is 4.48. The Bertz CT molecular complexity index is 817. The van der Waals surface area contributed by atoms with Crippen LogP contribution in [0.5, 0.6) is 0 Å². The third-order valence-corrected chi connectivity index (χ3v) is 3.24. The molecule has 1 heteroatoms. The summed E-state index contributed by atoms with van der Waals surface area (Å²) in [4.78, 5) is 4.44. The topological polar surface area (TPSA) is 12.9 Å². The van der Waals surface area contributed by atoms with Gasteiger partial charge in [0, 0.05) is 17.1 Å². The van der Waals surface area contributed by atoms with Crippen molar-refractivity contribution in [2.24, 2.45) is 0 Å². The van der Waals surface area contributed by atoms with Gasteiger partial charge in [-0.1, -0.05) is 54.5 Å². The first-order valence-electron chi connectivity index (χ1n) is 6.46. The number of fused-ring (bicyclic) bond motifs is 1. The third-order valence-electron chi connectivity index (χ3n) is 3.24. The Morgan fingerprint density at radius 2 is 1.70 bits per heavy atom. The number of pyridine rings is 1. The van der Waals surface area contributed by atoms with Gasteiger partial charge in [-0.15, -0.1) is 6.42 Å². The molecular weight excluding hydrogens is 242 g/mol. The molecule has 0 aliphatic rings. The van der Waals surface area contributed by atoms with Gasteiger partial charge in [-0.25, -0.2) is 0 Å². The zero-order valence-electron chi connectivity index (χ0n) is 11.0. The highest BCUT2D eigenvalue weighted by atomic mass is 14.7. The van der Waals surface area contributed by atoms with Crippen molar-refractivity contribution in [1.29, 1.82) is 0 Å². The Morgan fingerprint density at radius 1 is 0.900 bits per heavy atom. The molecule has 0 radical (unpaired) electrons. The zero-order valence-corrected chi connectivity index (χ0v) is 11.0. The highest BCUT2D eigenvalue weighted by Crippen LogP contribution is 2.19. The van der Waals surface area contributed by atoms with Crippen molar-refractivity contribution in [3.8, 4) is 12.3 Å². The van der Waals surface area contributed by atoms with Crippen molar-refractivity contribution >= 4 is 22.9 Å². The predicted octanol–water partition coefficient (Wildman–Crippen LogP) is 4.39. The summed E-state index contributed by atoms with van der Waals surface area (Å²) in [5.41, 5.74) is 2.88. The summed E-state index contributed by atoms with van der Waals surface area (Å²) in [6, 6.07) is 18.1. The molecule has 0 N–H and O–H groups in total. The fourth-order valence-electron chi connectivity index (χ4n) is 2.22. The molecule has 3 rings (SSSR count). The van der Waals surface area contributed by atoms with Crippen LogP contribution in [0.4, 0.5) is 0 Å². The molecule has 0 aliphatic heterocycles. The predicted molar refractivity (Wildman–Crippen MR) is 85.0 cm³/mol. The van der Waals surface area contributed by atoms with Crippen LogP contribution in [0.15, 0.2) is 60.8 Å².